The zero-order chi connectivity index (χ0) is 17.8. The Morgan fingerprint density at radius 3 is 2.80 bits per heavy atom. The van der Waals surface area contributed by atoms with Crippen LogP contribution in [0.15, 0.2) is 53.3 Å². The summed E-state index contributed by atoms with van der Waals surface area (Å²) in [6.07, 6.45) is 0.423. The summed E-state index contributed by atoms with van der Waals surface area (Å²) in [6.45, 7) is 0. The number of aromatic amines is 1. The Hall–Kier alpha value is -3.17. The van der Waals surface area contributed by atoms with E-state index < -0.39 is 5.82 Å². The number of nitriles is 1. The summed E-state index contributed by atoms with van der Waals surface area (Å²) in [7, 11) is 0. The number of para-hydroxylation sites is 1. The van der Waals surface area contributed by atoms with Gasteiger partial charge in [-0.05, 0) is 35.9 Å². The minimum atomic E-state index is -0.650. The molecule has 1 heterocycles. The third-order valence-corrected chi connectivity index (χ3v) is 3.73. The molecule has 1 N–H and O–H groups in total. The van der Waals surface area contributed by atoms with Crippen molar-refractivity contribution in [2.45, 2.75) is 6.42 Å². The average molecular weight is 356 g/mol. The van der Waals surface area contributed by atoms with Gasteiger partial charge in [0.25, 0.3) is 5.56 Å². The molecule has 7 heteroatoms. The number of H-pyrrole nitrogens is 1. The van der Waals surface area contributed by atoms with Crippen LogP contribution in [0.2, 0.25) is 5.02 Å². The molecule has 0 aliphatic heterocycles. The topological polar surface area (TPSA) is 78.8 Å². The Labute approximate surface area is 147 Å². The van der Waals surface area contributed by atoms with Crippen LogP contribution in [0.1, 0.15) is 16.8 Å². The molecule has 124 valence electrons. The maximum atomic E-state index is 14.0. The maximum absolute atomic E-state index is 14.0. The average Bonchev–Trinajstić information content (AvgIpc) is 2.61. The summed E-state index contributed by atoms with van der Waals surface area (Å²) in [5.41, 5.74) is 1.24. The quantitative estimate of drug-likeness (QED) is 0.771. The van der Waals surface area contributed by atoms with Crippen LogP contribution in [-0.4, -0.2) is 10.2 Å². The fourth-order valence-electron chi connectivity index (χ4n) is 2.23. The lowest BCUT2D eigenvalue weighted by atomic mass is 10.1. The van der Waals surface area contributed by atoms with Crippen molar-refractivity contribution in [2.75, 3.05) is 0 Å². The van der Waals surface area contributed by atoms with Gasteiger partial charge in [0, 0.05) is 12.5 Å². The number of benzene rings is 2. The van der Waals surface area contributed by atoms with Gasteiger partial charge in [-0.1, -0.05) is 23.7 Å². The molecule has 1 aromatic heterocycles. The van der Waals surface area contributed by atoms with Crippen molar-refractivity contribution in [2.24, 2.45) is 0 Å². The van der Waals surface area contributed by atoms with E-state index >= 15 is 0 Å². The standard InChI is InChI=1S/C18H11ClFN3O2/c19-14-6-4-11(8-13-5-7-17(24)23-22-13)9-16(14)25-18-12(10-21)2-1-3-15(18)20/h1-7,9H,8H2,(H,23,24). The van der Waals surface area contributed by atoms with Gasteiger partial charge < -0.3 is 4.74 Å². The lowest BCUT2D eigenvalue weighted by molar-refractivity contribution is 0.440. The van der Waals surface area contributed by atoms with Gasteiger partial charge in [0.1, 0.15) is 11.8 Å². The van der Waals surface area contributed by atoms with E-state index in [-0.39, 0.29) is 27.6 Å². The highest BCUT2D eigenvalue weighted by Crippen LogP contribution is 2.33. The van der Waals surface area contributed by atoms with Crippen molar-refractivity contribution >= 4 is 11.6 Å². The Kier molecular flexibility index (Phi) is 4.78. The Balaban J connectivity index is 1.91. The van der Waals surface area contributed by atoms with Crippen LogP contribution in [0, 0.1) is 17.1 Å². The van der Waals surface area contributed by atoms with Crippen LogP contribution in [-0.2, 0) is 6.42 Å². The van der Waals surface area contributed by atoms with Gasteiger partial charge >= 0.3 is 0 Å². The summed E-state index contributed by atoms with van der Waals surface area (Å²) in [4.78, 5) is 11.1. The van der Waals surface area contributed by atoms with Gasteiger partial charge in [-0.3, -0.25) is 4.79 Å². The van der Waals surface area contributed by atoms with E-state index in [1.807, 2.05) is 6.07 Å². The third-order valence-electron chi connectivity index (χ3n) is 3.42. The van der Waals surface area contributed by atoms with Crippen LogP contribution in [0.3, 0.4) is 0 Å². The van der Waals surface area contributed by atoms with Gasteiger partial charge in [-0.25, -0.2) is 9.49 Å². The molecule has 5 nitrogen and oxygen atoms in total. The normalized spacial score (nSPS) is 10.3. The molecule has 0 bridgehead atoms. The van der Waals surface area contributed by atoms with E-state index in [4.69, 9.17) is 21.6 Å². The van der Waals surface area contributed by atoms with Crippen molar-refractivity contribution in [3.8, 4) is 17.6 Å². The van der Waals surface area contributed by atoms with Crippen LogP contribution in [0.5, 0.6) is 11.5 Å². The van der Waals surface area contributed by atoms with Gasteiger partial charge in [0.05, 0.1) is 16.3 Å². The second-order valence-corrected chi connectivity index (χ2v) is 5.59. The van der Waals surface area contributed by atoms with Crippen LogP contribution in [0.25, 0.3) is 0 Å². The molecule has 0 fully saturated rings. The maximum Gasteiger partial charge on any atom is 0.264 e. The molecule has 0 spiro atoms. The summed E-state index contributed by atoms with van der Waals surface area (Å²) in [5, 5.41) is 15.7. The van der Waals surface area contributed by atoms with E-state index in [1.54, 1.807) is 24.3 Å². The molecule has 3 aromatic rings. The van der Waals surface area contributed by atoms with E-state index in [1.165, 1.54) is 24.3 Å². The molecule has 0 saturated carbocycles. The molecule has 0 amide bonds. The smallest absolute Gasteiger partial charge is 0.264 e. The predicted molar refractivity (Wildman–Crippen MR) is 90.3 cm³/mol. The number of aromatic nitrogens is 2. The monoisotopic (exact) mass is 355 g/mol. The molecule has 0 aliphatic rings. The second-order valence-electron chi connectivity index (χ2n) is 5.18. The first kappa shape index (κ1) is 16.7. The first-order valence-corrected chi connectivity index (χ1v) is 7.64. The van der Waals surface area contributed by atoms with Crippen molar-refractivity contribution in [3.63, 3.8) is 0 Å². The van der Waals surface area contributed by atoms with Crippen LogP contribution < -0.4 is 10.3 Å². The highest BCUT2D eigenvalue weighted by Gasteiger charge is 2.13. The summed E-state index contributed by atoms with van der Waals surface area (Å²) in [5.74, 6) is -0.598. The Morgan fingerprint density at radius 1 is 1.24 bits per heavy atom. The first-order chi connectivity index (χ1) is 12.1. The lowest BCUT2D eigenvalue weighted by Crippen LogP contribution is -2.07. The largest absolute Gasteiger partial charge is 0.451 e. The van der Waals surface area contributed by atoms with Crippen LogP contribution >= 0.6 is 11.6 Å². The highest BCUT2D eigenvalue weighted by atomic mass is 35.5. The Bertz CT molecular complexity index is 1010. The Morgan fingerprint density at radius 2 is 2.08 bits per heavy atom. The minimum Gasteiger partial charge on any atom is -0.451 e. The molecule has 2 aromatic carbocycles. The van der Waals surface area contributed by atoms with E-state index in [0.717, 1.165) is 5.56 Å². The third kappa shape index (κ3) is 3.84. The number of hydrogen-bond acceptors (Lipinski definition) is 4. The van der Waals surface area contributed by atoms with E-state index in [2.05, 4.69) is 10.2 Å². The molecule has 0 atom stereocenters. The van der Waals surface area contributed by atoms with Gasteiger partial charge in [0.2, 0.25) is 0 Å². The SMILES string of the molecule is N#Cc1cccc(F)c1Oc1cc(Cc2ccc(=O)[nH]n2)ccc1Cl. The number of ether oxygens (including phenoxy) is 1. The van der Waals surface area contributed by atoms with Gasteiger partial charge in [-0.2, -0.15) is 10.4 Å². The fourth-order valence-corrected chi connectivity index (χ4v) is 2.38. The molecule has 0 unspecified atom stereocenters. The van der Waals surface area contributed by atoms with Crippen molar-refractivity contribution in [1.29, 1.82) is 5.26 Å². The van der Waals surface area contributed by atoms with Gasteiger partial charge in [-0.15, -0.1) is 0 Å². The second kappa shape index (κ2) is 7.16. The summed E-state index contributed by atoms with van der Waals surface area (Å²) >= 11 is 6.12. The molecule has 0 aliphatic carbocycles. The minimum absolute atomic E-state index is 0.0729. The summed E-state index contributed by atoms with van der Waals surface area (Å²) < 4.78 is 19.5. The zero-order valence-electron chi connectivity index (χ0n) is 12.8. The van der Waals surface area contributed by atoms with Gasteiger partial charge in [0.15, 0.2) is 11.6 Å². The van der Waals surface area contributed by atoms with Crippen molar-refractivity contribution < 1.29 is 9.13 Å². The lowest BCUT2D eigenvalue weighted by Gasteiger charge is -2.11. The molecule has 0 saturated heterocycles. The fraction of sp³-hybridized carbons (Fsp3) is 0.0556. The number of hydrogen-bond donors (Lipinski definition) is 1. The molecular weight excluding hydrogens is 345 g/mol. The number of rotatable bonds is 4. The van der Waals surface area contributed by atoms with E-state index in [9.17, 15) is 9.18 Å². The zero-order valence-corrected chi connectivity index (χ0v) is 13.5. The molecule has 25 heavy (non-hydrogen) atoms. The summed E-state index contributed by atoms with van der Waals surface area (Å²) in [6, 6.07) is 14.0. The highest BCUT2D eigenvalue weighted by molar-refractivity contribution is 6.32. The first-order valence-electron chi connectivity index (χ1n) is 7.26. The predicted octanol–water partition coefficient (Wildman–Crippen LogP) is 3.82. The number of nitrogens with zero attached hydrogens (tertiary/aromatic N) is 2. The number of nitrogens with one attached hydrogen (secondary N) is 1. The van der Waals surface area contributed by atoms with Crippen molar-refractivity contribution in [3.05, 3.63) is 86.5 Å². The van der Waals surface area contributed by atoms with Crippen molar-refractivity contribution in [1.82, 2.24) is 10.2 Å². The molecule has 0 radical (unpaired) electrons. The van der Waals surface area contributed by atoms with E-state index in [0.29, 0.717) is 12.1 Å². The van der Waals surface area contributed by atoms with Crippen LogP contribution in [0.4, 0.5) is 4.39 Å². The molecule has 3 rings (SSSR count). The molecular formula is C18H11ClFN3O2. The number of halogens is 2.